The van der Waals surface area contributed by atoms with E-state index in [9.17, 15) is 4.39 Å². The summed E-state index contributed by atoms with van der Waals surface area (Å²) in [5, 5.41) is 12.0. The summed E-state index contributed by atoms with van der Waals surface area (Å²) in [5.74, 6) is 0.440. The third kappa shape index (κ3) is 3.72. The average molecular weight is 352 g/mol. The molecule has 2 aromatic carbocycles. The lowest BCUT2D eigenvalue weighted by molar-refractivity contribution is 0.259. The quantitative estimate of drug-likeness (QED) is 0.704. The number of tetrazole rings is 1. The van der Waals surface area contributed by atoms with Gasteiger partial charge >= 0.3 is 0 Å². The van der Waals surface area contributed by atoms with Gasteiger partial charge in [0.2, 0.25) is 5.95 Å². The van der Waals surface area contributed by atoms with Crippen LogP contribution in [0.2, 0.25) is 0 Å². The van der Waals surface area contributed by atoms with Crippen molar-refractivity contribution in [3.8, 4) is 5.69 Å². The summed E-state index contributed by atoms with van der Waals surface area (Å²) < 4.78 is 14.8. The normalized spacial score (nSPS) is 15.3. The minimum Gasteiger partial charge on any atom is -0.337 e. The molecule has 1 saturated heterocycles. The monoisotopic (exact) mass is 352 g/mol. The SMILES string of the molecule is Fc1ccc(-n2nnnc2N2CCN(CCc3ccccc3)CC2)cc1. The second-order valence-electron chi connectivity index (χ2n) is 6.43. The molecule has 0 radical (unpaired) electrons. The van der Waals surface area contributed by atoms with E-state index in [0.717, 1.165) is 44.8 Å². The third-order valence-electron chi connectivity index (χ3n) is 4.74. The Labute approximate surface area is 151 Å². The van der Waals surface area contributed by atoms with Gasteiger partial charge in [-0.15, -0.1) is 0 Å². The first-order valence-electron chi connectivity index (χ1n) is 8.85. The Bertz CT molecular complexity index is 825. The van der Waals surface area contributed by atoms with Gasteiger partial charge in [0, 0.05) is 32.7 Å². The number of hydrogen-bond donors (Lipinski definition) is 0. The van der Waals surface area contributed by atoms with Crippen molar-refractivity contribution in [1.29, 1.82) is 0 Å². The van der Waals surface area contributed by atoms with Gasteiger partial charge in [-0.05, 0) is 46.7 Å². The van der Waals surface area contributed by atoms with Crippen LogP contribution in [-0.4, -0.2) is 57.8 Å². The summed E-state index contributed by atoms with van der Waals surface area (Å²) >= 11 is 0. The van der Waals surface area contributed by atoms with Crippen LogP contribution < -0.4 is 4.90 Å². The first-order valence-corrected chi connectivity index (χ1v) is 8.85. The van der Waals surface area contributed by atoms with E-state index < -0.39 is 0 Å². The molecule has 4 rings (SSSR count). The molecule has 2 heterocycles. The van der Waals surface area contributed by atoms with Crippen LogP contribution in [0.3, 0.4) is 0 Å². The molecule has 7 heteroatoms. The van der Waals surface area contributed by atoms with Crippen LogP contribution in [0.25, 0.3) is 5.69 Å². The zero-order valence-corrected chi connectivity index (χ0v) is 14.5. The summed E-state index contributed by atoms with van der Waals surface area (Å²) in [5.41, 5.74) is 2.13. The van der Waals surface area contributed by atoms with Gasteiger partial charge in [-0.2, -0.15) is 4.68 Å². The predicted octanol–water partition coefficient (Wildman–Crippen LogP) is 2.17. The fourth-order valence-corrected chi connectivity index (χ4v) is 3.23. The molecule has 6 nitrogen and oxygen atoms in total. The molecule has 0 atom stereocenters. The van der Waals surface area contributed by atoms with Gasteiger partial charge in [0.25, 0.3) is 0 Å². The molecule has 1 aliphatic rings. The largest absolute Gasteiger partial charge is 0.337 e. The average Bonchev–Trinajstić information content (AvgIpc) is 3.18. The molecule has 26 heavy (non-hydrogen) atoms. The van der Waals surface area contributed by atoms with Crippen LogP contribution >= 0.6 is 0 Å². The highest BCUT2D eigenvalue weighted by Gasteiger charge is 2.22. The molecule has 0 amide bonds. The predicted molar refractivity (Wildman–Crippen MR) is 97.9 cm³/mol. The minimum atomic E-state index is -0.268. The highest BCUT2D eigenvalue weighted by atomic mass is 19.1. The second kappa shape index (κ2) is 7.61. The first kappa shape index (κ1) is 16.7. The molecule has 0 N–H and O–H groups in total. The van der Waals surface area contributed by atoms with Crippen LogP contribution in [0.4, 0.5) is 10.3 Å². The van der Waals surface area contributed by atoms with Crippen LogP contribution in [0.15, 0.2) is 54.6 Å². The van der Waals surface area contributed by atoms with Gasteiger partial charge in [-0.1, -0.05) is 35.4 Å². The van der Waals surface area contributed by atoms with E-state index in [1.165, 1.54) is 17.7 Å². The maximum atomic E-state index is 13.1. The van der Waals surface area contributed by atoms with Crippen molar-refractivity contribution >= 4 is 5.95 Å². The number of benzene rings is 2. The first-order chi connectivity index (χ1) is 12.8. The molecule has 0 unspecified atom stereocenters. The van der Waals surface area contributed by atoms with E-state index in [2.05, 4.69) is 49.6 Å². The third-order valence-corrected chi connectivity index (χ3v) is 4.74. The van der Waals surface area contributed by atoms with Crippen molar-refractivity contribution in [3.05, 3.63) is 66.0 Å². The number of halogens is 1. The molecule has 3 aromatic rings. The van der Waals surface area contributed by atoms with Crippen molar-refractivity contribution in [2.45, 2.75) is 6.42 Å². The van der Waals surface area contributed by atoms with Crippen LogP contribution in [0.5, 0.6) is 0 Å². The Balaban J connectivity index is 1.37. The van der Waals surface area contributed by atoms with Crippen molar-refractivity contribution in [2.75, 3.05) is 37.6 Å². The topological polar surface area (TPSA) is 50.1 Å². The number of piperazine rings is 1. The zero-order valence-electron chi connectivity index (χ0n) is 14.5. The molecule has 1 aliphatic heterocycles. The number of hydrogen-bond acceptors (Lipinski definition) is 5. The second-order valence-corrected chi connectivity index (χ2v) is 6.43. The Hall–Kier alpha value is -2.80. The van der Waals surface area contributed by atoms with Crippen LogP contribution in [0, 0.1) is 5.82 Å². The van der Waals surface area contributed by atoms with E-state index in [-0.39, 0.29) is 5.82 Å². The Morgan fingerprint density at radius 1 is 0.885 bits per heavy atom. The summed E-state index contributed by atoms with van der Waals surface area (Å²) in [6, 6.07) is 16.8. The van der Waals surface area contributed by atoms with E-state index >= 15 is 0 Å². The van der Waals surface area contributed by atoms with Crippen molar-refractivity contribution in [2.24, 2.45) is 0 Å². The summed E-state index contributed by atoms with van der Waals surface area (Å²) in [4.78, 5) is 4.65. The molecule has 1 fully saturated rings. The Kier molecular flexibility index (Phi) is 4.88. The highest BCUT2D eigenvalue weighted by Crippen LogP contribution is 2.17. The number of nitrogens with zero attached hydrogens (tertiary/aromatic N) is 6. The molecule has 0 bridgehead atoms. The molecule has 0 saturated carbocycles. The van der Waals surface area contributed by atoms with Gasteiger partial charge in [-0.25, -0.2) is 4.39 Å². The van der Waals surface area contributed by atoms with E-state index in [1.54, 1.807) is 16.8 Å². The highest BCUT2D eigenvalue weighted by molar-refractivity contribution is 5.41. The van der Waals surface area contributed by atoms with E-state index in [4.69, 9.17) is 0 Å². The Morgan fingerprint density at radius 3 is 2.35 bits per heavy atom. The molecule has 134 valence electrons. The molecule has 0 aliphatic carbocycles. The smallest absolute Gasteiger partial charge is 0.250 e. The lowest BCUT2D eigenvalue weighted by Gasteiger charge is -2.34. The maximum absolute atomic E-state index is 13.1. The summed E-state index contributed by atoms with van der Waals surface area (Å²) in [6.07, 6.45) is 1.06. The maximum Gasteiger partial charge on any atom is 0.250 e. The van der Waals surface area contributed by atoms with E-state index in [0.29, 0.717) is 5.95 Å². The van der Waals surface area contributed by atoms with Crippen molar-refractivity contribution in [1.82, 2.24) is 25.1 Å². The molecular weight excluding hydrogens is 331 g/mol. The summed E-state index contributed by atoms with van der Waals surface area (Å²) in [7, 11) is 0. The fraction of sp³-hybridized carbons (Fsp3) is 0.316. The number of rotatable bonds is 5. The molecule has 1 aromatic heterocycles. The molecule has 0 spiro atoms. The van der Waals surface area contributed by atoms with Gasteiger partial charge < -0.3 is 4.90 Å². The lowest BCUT2D eigenvalue weighted by Crippen LogP contribution is -2.47. The van der Waals surface area contributed by atoms with Gasteiger partial charge in [0.1, 0.15) is 5.82 Å². The van der Waals surface area contributed by atoms with Crippen LogP contribution in [0.1, 0.15) is 5.56 Å². The molecular formula is C19H21FN6. The minimum absolute atomic E-state index is 0.268. The van der Waals surface area contributed by atoms with Crippen LogP contribution in [-0.2, 0) is 6.42 Å². The number of anilines is 1. The zero-order chi connectivity index (χ0) is 17.8. The van der Waals surface area contributed by atoms with Gasteiger partial charge in [0.05, 0.1) is 5.69 Å². The lowest BCUT2D eigenvalue weighted by atomic mass is 10.1. The van der Waals surface area contributed by atoms with E-state index in [1.807, 2.05) is 6.07 Å². The summed E-state index contributed by atoms with van der Waals surface area (Å²) in [6.45, 7) is 4.75. The Morgan fingerprint density at radius 2 is 1.62 bits per heavy atom. The fourth-order valence-electron chi connectivity index (χ4n) is 3.23. The van der Waals surface area contributed by atoms with Crippen molar-refractivity contribution < 1.29 is 4.39 Å². The van der Waals surface area contributed by atoms with Crippen molar-refractivity contribution in [3.63, 3.8) is 0 Å². The standard InChI is InChI=1S/C19H21FN6/c20-17-6-8-18(9-7-17)26-19(21-22-23-26)25-14-12-24(13-15-25)11-10-16-4-2-1-3-5-16/h1-9H,10-15H2. The number of aromatic nitrogens is 4. The van der Waals surface area contributed by atoms with Gasteiger partial charge in [0.15, 0.2) is 0 Å². The van der Waals surface area contributed by atoms with Gasteiger partial charge in [-0.3, -0.25) is 4.90 Å².